The first-order valence-corrected chi connectivity index (χ1v) is 22.4. The highest BCUT2D eigenvalue weighted by Crippen LogP contribution is 2.43. The number of aromatic nitrogens is 4. The van der Waals surface area contributed by atoms with Crippen LogP contribution in [0.5, 0.6) is 0 Å². The summed E-state index contributed by atoms with van der Waals surface area (Å²) in [5.74, 6) is 0.131. The number of hydrogen-bond acceptors (Lipinski definition) is 4. The Hall–Kier alpha value is -8.74. The van der Waals surface area contributed by atoms with Crippen LogP contribution in [0.2, 0.25) is 0 Å². The summed E-state index contributed by atoms with van der Waals surface area (Å²) in [5, 5.41) is 6.75. The molecule has 4 aromatic heterocycles. The predicted molar refractivity (Wildman–Crippen MR) is 271 cm³/mol. The van der Waals surface area contributed by atoms with Crippen molar-refractivity contribution in [1.29, 1.82) is 0 Å². The Balaban J connectivity index is 1.01. The molecule has 6 nitrogen and oxygen atoms in total. The quantitative estimate of drug-likeness (QED) is 0.173. The third-order valence-corrected chi connectivity index (χ3v) is 13.9. The van der Waals surface area contributed by atoms with E-state index >= 15 is 0 Å². The van der Waals surface area contributed by atoms with E-state index in [9.17, 15) is 9.59 Å². The highest BCUT2D eigenvalue weighted by Gasteiger charge is 2.25. The van der Waals surface area contributed by atoms with E-state index < -0.39 is 0 Å². The fourth-order valence-corrected chi connectivity index (χ4v) is 10.9. The first kappa shape index (κ1) is 36.7. The van der Waals surface area contributed by atoms with Gasteiger partial charge in [-0.1, -0.05) is 164 Å². The first-order valence-electron chi connectivity index (χ1n) is 22.4. The minimum Gasteiger partial charge on any atom is -0.268 e. The molecule has 0 saturated carbocycles. The van der Waals surface area contributed by atoms with Gasteiger partial charge in [-0.2, -0.15) is 0 Å². The van der Waals surface area contributed by atoms with Crippen LogP contribution in [0.4, 0.5) is 0 Å². The monoisotopic (exact) mass is 844 g/mol. The Morgan fingerprint density at radius 1 is 0.409 bits per heavy atom. The molecule has 0 N–H and O–H groups in total. The molecule has 66 heavy (non-hydrogen) atoms. The van der Waals surface area contributed by atoms with E-state index in [2.05, 4.69) is 146 Å². The molecule has 0 saturated heterocycles. The second-order valence-corrected chi connectivity index (χ2v) is 17.5. The molecule has 0 radical (unpaired) electrons. The van der Waals surface area contributed by atoms with Gasteiger partial charge in [0.05, 0.1) is 22.1 Å². The van der Waals surface area contributed by atoms with Crippen LogP contribution in [0.25, 0.3) is 121 Å². The third-order valence-electron chi connectivity index (χ3n) is 13.9. The van der Waals surface area contributed by atoms with Crippen molar-refractivity contribution in [3.05, 3.63) is 226 Å². The summed E-state index contributed by atoms with van der Waals surface area (Å²) in [6.45, 7) is 0. The molecule has 0 fully saturated rings. The molecular formula is C60H36N4O2. The zero-order chi connectivity index (χ0) is 43.6. The smallest absolute Gasteiger partial charge is 0.264 e. The van der Waals surface area contributed by atoms with Crippen molar-refractivity contribution in [2.75, 3.05) is 0 Å². The van der Waals surface area contributed by atoms with Crippen molar-refractivity contribution in [3.63, 3.8) is 0 Å². The largest absolute Gasteiger partial charge is 0.268 e. The van der Waals surface area contributed by atoms with Gasteiger partial charge in [0.1, 0.15) is 11.3 Å². The van der Waals surface area contributed by atoms with E-state index in [1.807, 2.05) is 59.0 Å². The predicted octanol–water partition coefficient (Wildman–Crippen LogP) is 13.8. The number of rotatable bonds is 5. The maximum Gasteiger partial charge on any atom is 0.264 e. The summed E-state index contributed by atoms with van der Waals surface area (Å²) in [6.07, 6.45) is 9.49. The number of benzene rings is 9. The molecule has 4 heterocycles. The van der Waals surface area contributed by atoms with Crippen molar-refractivity contribution in [1.82, 2.24) is 18.8 Å². The lowest BCUT2D eigenvalue weighted by atomic mass is 9.89. The van der Waals surface area contributed by atoms with Crippen LogP contribution >= 0.6 is 0 Å². The van der Waals surface area contributed by atoms with Gasteiger partial charge in [-0.25, -0.2) is 9.97 Å². The van der Waals surface area contributed by atoms with E-state index in [4.69, 9.17) is 9.97 Å². The Morgan fingerprint density at radius 2 is 0.909 bits per heavy atom. The molecule has 0 amide bonds. The SMILES string of the molecule is O=c1c2ccc(-c3ccc4c(=O)n5c6cc(-c7ccccc7)cc(C7C=CC=CC7)c6nc5c5cccc3c45)c3cccc(c32)c2nc3c(-c4ccccc4)cc(-c4ccccc4)cc3n12. The number of fused-ring (bicyclic) bond motifs is 8. The molecule has 0 bridgehead atoms. The van der Waals surface area contributed by atoms with Crippen LogP contribution < -0.4 is 11.1 Å². The zero-order valence-electron chi connectivity index (χ0n) is 35.4. The van der Waals surface area contributed by atoms with Crippen LogP contribution in [-0.2, 0) is 0 Å². The molecule has 1 unspecified atom stereocenters. The summed E-state index contributed by atoms with van der Waals surface area (Å²) in [7, 11) is 0. The maximum absolute atomic E-state index is 15.0. The zero-order valence-corrected chi connectivity index (χ0v) is 35.4. The van der Waals surface area contributed by atoms with Gasteiger partial charge >= 0.3 is 0 Å². The highest BCUT2D eigenvalue weighted by molar-refractivity contribution is 6.24. The second kappa shape index (κ2) is 13.9. The molecule has 1 aliphatic carbocycles. The molecule has 13 aromatic rings. The summed E-state index contributed by atoms with van der Waals surface area (Å²) in [4.78, 5) is 40.7. The van der Waals surface area contributed by atoms with Gasteiger partial charge in [0, 0.05) is 43.8 Å². The highest BCUT2D eigenvalue weighted by atomic mass is 16.1. The average Bonchev–Trinajstić information content (AvgIpc) is 3.98. The number of nitrogens with zero attached hydrogens (tertiary/aromatic N) is 4. The van der Waals surface area contributed by atoms with Crippen LogP contribution in [0.3, 0.4) is 0 Å². The van der Waals surface area contributed by atoms with E-state index in [-0.39, 0.29) is 17.0 Å². The lowest BCUT2D eigenvalue weighted by Crippen LogP contribution is -2.14. The van der Waals surface area contributed by atoms with Crippen LogP contribution in [0.15, 0.2) is 210 Å². The molecule has 14 rings (SSSR count). The van der Waals surface area contributed by atoms with E-state index in [1.165, 1.54) is 0 Å². The molecule has 0 spiro atoms. The minimum absolute atomic E-state index is 0.0929. The number of imidazole rings is 2. The van der Waals surface area contributed by atoms with Crippen LogP contribution in [0, 0.1) is 0 Å². The van der Waals surface area contributed by atoms with E-state index in [1.54, 1.807) is 4.40 Å². The standard InChI is InChI=1S/C60H36N4O2/c65-59-47-29-27-41(43-23-13-25-45(53(43)47)57-61-55-49(37-19-9-3-10-20-37)31-39(33-51(55)63(57)59)35-15-5-1-6-16-35)42-28-30-48-54-44(42)24-14-26-46(54)58-62-56-50(38-21-11-4-12-22-38)32-40(36-17-7-2-8-18-36)34-52(56)64(58)60(48)66/h1-21,23-34,38H,22H2. The molecule has 1 atom stereocenters. The van der Waals surface area contributed by atoms with Gasteiger partial charge in [0.15, 0.2) is 0 Å². The maximum atomic E-state index is 15.0. The Bertz CT molecular complexity index is 4340. The summed E-state index contributed by atoms with van der Waals surface area (Å²) in [6, 6.07) is 60.2. The van der Waals surface area contributed by atoms with Crippen molar-refractivity contribution < 1.29 is 0 Å². The molecular weight excluding hydrogens is 809 g/mol. The summed E-state index contributed by atoms with van der Waals surface area (Å²) in [5.41, 5.74) is 13.6. The number of allylic oxidation sites excluding steroid dienone is 4. The van der Waals surface area contributed by atoms with Crippen molar-refractivity contribution >= 4 is 76.5 Å². The van der Waals surface area contributed by atoms with Gasteiger partial charge in [-0.3, -0.25) is 18.4 Å². The molecule has 6 heteroatoms. The Morgan fingerprint density at radius 3 is 1.45 bits per heavy atom. The molecule has 9 aromatic carbocycles. The average molecular weight is 845 g/mol. The van der Waals surface area contributed by atoms with E-state index in [0.29, 0.717) is 22.1 Å². The lowest BCUT2D eigenvalue weighted by molar-refractivity contribution is 0.860. The van der Waals surface area contributed by atoms with Crippen molar-refractivity contribution in [3.8, 4) is 44.5 Å². The van der Waals surface area contributed by atoms with Crippen LogP contribution in [-0.4, -0.2) is 18.8 Å². The van der Waals surface area contributed by atoms with Gasteiger partial charge in [-0.05, 0) is 98.1 Å². The number of pyridine rings is 2. The summed E-state index contributed by atoms with van der Waals surface area (Å²) < 4.78 is 3.64. The summed E-state index contributed by atoms with van der Waals surface area (Å²) >= 11 is 0. The van der Waals surface area contributed by atoms with Gasteiger partial charge in [0.2, 0.25) is 0 Å². The fourth-order valence-electron chi connectivity index (χ4n) is 10.9. The van der Waals surface area contributed by atoms with Crippen molar-refractivity contribution in [2.45, 2.75) is 12.3 Å². The Labute approximate surface area is 377 Å². The van der Waals surface area contributed by atoms with Gasteiger partial charge < -0.3 is 0 Å². The van der Waals surface area contributed by atoms with Gasteiger partial charge in [-0.15, -0.1) is 0 Å². The normalized spacial score (nSPS) is 14.2. The number of hydrogen-bond donors (Lipinski definition) is 0. The Kier molecular flexibility index (Phi) is 7.72. The second-order valence-electron chi connectivity index (χ2n) is 17.5. The molecule has 0 aliphatic heterocycles. The van der Waals surface area contributed by atoms with E-state index in [0.717, 1.165) is 111 Å². The van der Waals surface area contributed by atoms with Gasteiger partial charge in [0.25, 0.3) is 11.1 Å². The van der Waals surface area contributed by atoms with Crippen LogP contribution in [0.1, 0.15) is 17.9 Å². The molecule has 1 aliphatic rings. The first-order chi connectivity index (χ1) is 32.6. The van der Waals surface area contributed by atoms with Crippen molar-refractivity contribution in [2.24, 2.45) is 0 Å². The lowest BCUT2D eigenvalue weighted by Gasteiger charge is -2.16. The minimum atomic E-state index is -0.108. The third kappa shape index (κ3) is 5.18. The molecule has 308 valence electrons. The topological polar surface area (TPSA) is 68.7 Å². The fraction of sp³-hybridized carbons (Fsp3) is 0.0333.